The number of aliphatic carboxylic acids is 1. The number of carboxylic acids is 1. The van der Waals surface area contributed by atoms with Gasteiger partial charge >= 0.3 is 11.9 Å². The average molecular weight is 261 g/mol. The molecule has 104 valence electrons. The minimum absolute atomic E-state index is 0.0482. The van der Waals surface area contributed by atoms with E-state index in [4.69, 9.17) is 14.7 Å². The minimum atomic E-state index is -0.919. The van der Waals surface area contributed by atoms with E-state index in [9.17, 15) is 9.59 Å². The molecule has 0 amide bonds. The Kier molecular flexibility index (Phi) is 7.41. The summed E-state index contributed by atoms with van der Waals surface area (Å²) in [5.41, 5.74) is 0. The lowest BCUT2D eigenvalue weighted by Gasteiger charge is -2.13. The summed E-state index contributed by atoms with van der Waals surface area (Å²) in [5, 5.41) is 16.7. The molecular formula is C10H19N3O5. The molecule has 0 heterocycles. The van der Waals surface area contributed by atoms with Gasteiger partial charge in [0, 0.05) is 25.8 Å². The number of carbonyl (C=O) groups is 2. The third-order valence-electron chi connectivity index (χ3n) is 1.79. The van der Waals surface area contributed by atoms with Gasteiger partial charge in [0.25, 0.3) is 6.29 Å². The molecule has 0 saturated carbocycles. The molecule has 0 aliphatic heterocycles. The predicted molar refractivity (Wildman–Crippen MR) is 61.2 cm³/mol. The smallest absolute Gasteiger partial charge is 0.311 e. The highest BCUT2D eigenvalue weighted by Crippen LogP contribution is 2.02. The van der Waals surface area contributed by atoms with Crippen molar-refractivity contribution in [2.45, 2.75) is 33.5 Å². The maximum atomic E-state index is 11.2. The average Bonchev–Trinajstić information content (AvgIpc) is 2.26. The molecule has 0 spiro atoms. The van der Waals surface area contributed by atoms with Crippen molar-refractivity contribution in [1.29, 1.82) is 0 Å². The number of carbonyl (C=O) groups excluding carboxylic acids is 1. The first-order valence-corrected chi connectivity index (χ1v) is 5.53. The van der Waals surface area contributed by atoms with Crippen LogP contribution < -0.4 is 0 Å². The topological polar surface area (TPSA) is 101 Å². The first-order valence-electron chi connectivity index (χ1n) is 5.53. The Labute approximate surface area is 105 Å². The third-order valence-corrected chi connectivity index (χ3v) is 1.79. The molecule has 0 aromatic rings. The lowest BCUT2D eigenvalue weighted by molar-refractivity contribution is -0.181. The molecule has 8 heteroatoms. The maximum Gasteiger partial charge on any atom is 0.311 e. The van der Waals surface area contributed by atoms with Gasteiger partial charge in [-0.15, -0.1) is 0 Å². The zero-order valence-corrected chi connectivity index (χ0v) is 11.0. The number of carboxylic acid groups (broad SMARTS) is 1. The van der Waals surface area contributed by atoms with Crippen LogP contribution in [-0.2, 0) is 19.2 Å². The van der Waals surface area contributed by atoms with Gasteiger partial charge in [0.15, 0.2) is 0 Å². The van der Waals surface area contributed by atoms with Gasteiger partial charge in [-0.25, -0.2) is 0 Å². The molecule has 0 aromatic carbocycles. The van der Waals surface area contributed by atoms with Gasteiger partial charge in [0.05, 0.1) is 12.3 Å². The van der Waals surface area contributed by atoms with E-state index < -0.39 is 18.2 Å². The van der Waals surface area contributed by atoms with E-state index in [0.717, 1.165) is 0 Å². The van der Waals surface area contributed by atoms with Crippen molar-refractivity contribution < 1.29 is 24.3 Å². The highest BCUT2D eigenvalue weighted by Gasteiger charge is 2.13. The Balaban J connectivity index is 3.86. The van der Waals surface area contributed by atoms with Crippen molar-refractivity contribution >= 4 is 11.9 Å². The van der Waals surface area contributed by atoms with Gasteiger partial charge in [-0.2, -0.15) is 0 Å². The molecule has 1 N–H and O–H groups in total. The van der Waals surface area contributed by atoms with Crippen LogP contribution in [0.4, 0.5) is 0 Å². The number of nitrogens with zero attached hydrogens (tertiary/aromatic N) is 3. The molecule has 0 saturated heterocycles. The summed E-state index contributed by atoms with van der Waals surface area (Å²) in [6.45, 7) is 5.13. The Morgan fingerprint density at radius 2 is 1.94 bits per heavy atom. The molecular weight excluding hydrogens is 242 g/mol. The zero-order valence-electron chi connectivity index (χ0n) is 11.0. The molecule has 0 aliphatic rings. The lowest BCUT2D eigenvalue weighted by Crippen LogP contribution is -2.20. The first-order chi connectivity index (χ1) is 8.32. The Morgan fingerprint density at radius 1 is 1.33 bits per heavy atom. The third kappa shape index (κ3) is 8.31. The van der Waals surface area contributed by atoms with Crippen LogP contribution in [0.5, 0.6) is 0 Å². The molecule has 1 atom stereocenters. The van der Waals surface area contributed by atoms with Crippen LogP contribution in [0.15, 0.2) is 10.5 Å². The number of ether oxygens (including phenoxy) is 1. The van der Waals surface area contributed by atoms with Crippen molar-refractivity contribution in [3.63, 3.8) is 0 Å². The zero-order chi connectivity index (χ0) is 14.1. The number of hydrogen-bond acceptors (Lipinski definition) is 6. The van der Waals surface area contributed by atoms with E-state index >= 15 is 0 Å². The Hall–Kier alpha value is -1.86. The summed E-state index contributed by atoms with van der Waals surface area (Å²) in [6.07, 6.45) is -0.885. The van der Waals surface area contributed by atoms with Crippen LogP contribution in [0.3, 0.4) is 0 Å². The van der Waals surface area contributed by atoms with E-state index in [1.165, 1.54) is 11.9 Å². The van der Waals surface area contributed by atoms with Crippen LogP contribution in [0.25, 0.3) is 0 Å². The summed E-state index contributed by atoms with van der Waals surface area (Å²) in [7, 11) is 1.56. The van der Waals surface area contributed by atoms with Crippen LogP contribution >= 0.6 is 0 Å². The fraction of sp³-hybridized carbons (Fsp3) is 0.800. The largest absolute Gasteiger partial charge is 0.481 e. The fourth-order valence-corrected chi connectivity index (χ4v) is 0.773. The summed E-state index contributed by atoms with van der Waals surface area (Å²) >= 11 is 0. The molecule has 0 fully saturated rings. The van der Waals surface area contributed by atoms with Gasteiger partial charge in [-0.05, 0) is 5.22 Å². The number of hydrogen-bond donors (Lipinski definition) is 1. The molecule has 0 aromatic heterocycles. The van der Waals surface area contributed by atoms with Crippen LogP contribution in [0.1, 0.15) is 27.2 Å². The van der Waals surface area contributed by atoms with Gasteiger partial charge in [-0.3, -0.25) is 14.6 Å². The summed E-state index contributed by atoms with van der Waals surface area (Å²) in [5.74, 6) is -1.56. The van der Waals surface area contributed by atoms with Gasteiger partial charge in [-0.1, -0.05) is 13.8 Å². The highest BCUT2D eigenvalue weighted by molar-refractivity contribution is 5.71. The second-order valence-electron chi connectivity index (χ2n) is 3.96. The Bertz CT molecular complexity index is 306. The van der Waals surface area contributed by atoms with E-state index in [-0.39, 0.29) is 18.9 Å². The van der Waals surface area contributed by atoms with Crippen molar-refractivity contribution in [3.8, 4) is 0 Å². The second kappa shape index (κ2) is 8.26. The molecule has 8 nitrogen and oxygen atoms in total. The lowest BCUT2D eigenvalue weighted by atomic mass is 10.2. The van der Waals surface area contributed by atoms with Crippen molar-refractivity contribution in [3.05, 3.63) is 0 Å². The number of esters is 1. The fourth-order valence-electron chi connectivity index (χ4n) is 0.773. The summed E-state index contributed by atoms with van der Waals surface area (Å²) in [6, 6.07) is 0. The van der Waals surface area contributed by atoms with Crippen molar-refractivity contribution in [2.75, 3.05) is 13.6 Å². The van der Waals surface area contributed by atoms with Crippen LogP contribution in [-0.4, -0.2) is 41.9 Å². The van der Waals surface area contributed by atoms with E-state index in [1.807, 2.05) is 0 Å². The summed E-state index contributed by atoms with van der Waals surface area (Å²) < 4.78 is 4.86. The highest BCUT2D eigenvalue weighted by atomic mass is 16.8. The predicted octanol–water partition coefficient (Wildman–Crippen LogP) is 1.24. The van der Waals surface area contributed by atoms with E-state index in [1.54, 1.807) is 20.9 Å². The molecule has 0 bridgehead atoms. The molecule has 0 radical (unpaired) electrons. The quantitative estimate of drug-likeness (QED) is 0.305. The molecule has 1 unspecified atom stereocenters. The van der Waals surface area contributed by atoms with Gasteiger partial charge in [0.2, 0.25) is 0 Å². The summed E-state index contributed by atoms with van der Waals surface area (Å²) in [4.78, 5) is 26.2. The monoisotopic (exact) mass is 261 g/mol. The molecule has 0 aliphatic carbocycles. The minimum Gasteiger partial charge on any atom is -0.481 e. The van der Waals surface area contributed by atoms with Gasteiger partial charge < -0.3 is 14.7 Å². The second-order valence-corrected chi connectivity index (χ2v) is 3.96. The van der Waals surface area contributed by atoms with Gasteiger partial charge in [0.1, 0.15) is 0 Å². The maximum absolute atomic E-state index is 11.2. The van der Waals surface area contributed by atoms with Crippen LogP contribution in [0, 0.1) is 5.92 Å². The van der Waals surface area contributed by atoms with E-state index in [2.05, 4.69) is 10.5 Å². The number of rotatable bonds is 8. The molecule has 18 heavy (non-hydrogen) atoms. The SMILES string of the molecule is CC(ON=NN(C)CCC(=O)O)OC(=O)C(C)C. The van der Waals surface area contributed by atoms with E-state index in [0.29, 0.717) is 0 Å². The van der Waals surface area contributed by atoms with Crippen LogP contribution in [0.2, 0.25) is 0 Å². The normalized spacial score (nSPS) is 12.5. The standard InChI is InChI=1S/C10H19N3O5/c1-7(2)10(16)17-8(3)18-12-11-13(4)6-5-9(14)15/h7-8H,5-6H2,1-4H3,(H,14,15). The van der Waals surface area contributed by atoms with Crippen molar-refractivity contribution in [1.82, 2.24) is 5.01 Å². The van der Waals surface area contributed by atoms with Crippen molar-refractivity contribution in [2.24, 2.45) is 16.4 Å². The Morgan fingerprint density at radius 3 is 2.44 bits per heavy atom. The first kappa shape index (κ1) is 16.1. The molecule has 0 rings (SSSR count).